The van der Waals surface area contributed by atoms with Crippen molar-refractivity contribution in [1.29, 1.82) is 0 Å². The lowest BCUT2D eigenvalue weighted by Gasteiger charge is -2.15. The predicted octanol–water partition coefficient (Wildman–Crippen LogP) is 14.3. The maximum atomic E-state index is 7.13. The van der Waals surface area contributed by atoms with Crippen LogP contribution in [0.1, 0.15) is 82.4 Å². The molecule has 7 rings (SSSR count). The molecule has 0 aliphatic heterocycles. The van der Waals surface area contributed by atoms with E-state index in [4.69, 9.17) is 16.5 Å². The Morgan fingerprint density at radius 3 is 2.39 bits per heavy atom. The summed E-state index contributed by atoms with van der Waals surface area (Å²) in [5.74, 6) is 1.96. The van der Waals surface area contributed by atoms with Crippen LogP contribution in [0.25, 0.3) is 27.9 Å². The molecule has 5 N–H and O–H groups in total. The maximum Gasteiger partial charge on any atom is 0.142 e. The Bertz CT molecular complexity index is 2520. The number of aromatic nitrogens is 1. The fraction of sp³-hybridized carbons (Fsp3) is 0.232. The average Bonchev–Trinajstić information content (AvgIpc) is 3.58. The predicted molar refractivity (Wildman–Crippen MR) is 267 cm³/mol. The van der Waals surface area contributed by atoms with Gasteiger partial charge in [0.1, 0.15) is 11.6 Å². The van der Waals surface area contributed by atoms with Crippen LogP contribution >= 0.6 is 0 Å². The first kappa shape index (κ1) is 44.0. The molecule has 0 saturated heterocycles. The molecule has 1 atom stereocenters. The first-order valence-corrected chi connectivity index (χ1v) is 21.9. The van der Waals surface area contributed by atoms with Gasteiger partial charge in [-0.25, -0.2) is 4.99 Å². The van der Waals surface area contributed by atoms with Gasteiger partial charge in [0.2, 0.25) is 0 Å². The summed E-state index contributed by atoms with van der Waals surface area (Å²) in [5.41, 5.74) is 26.3. The summed E-state index contributed by atoms with van der Waals surface area (Å²) < 4.78 is 2.09. The van der Waals surface area contributed by atoms with Gasteiger partial charge in [-0.15, -0.1) is 0 Å². The van der Waals surface area contributed by atoms with Gasteiger partial charge in [0.15, 0.2) is 0 Å². The second-order valence-electron chi connectivity index (χ2n) is 15.9. The maximum absolute atomic E-state index is 7.13. The van der Waals surface area contributed by atoms with Crippen LogP contribution in [-0.4, -0.2) is 17.3 Å². The Morgan fingerprint density at radius 2 is 1.64 bits per heavy atom. The molecular formula is C56H63N5. The molecule has 0 amide bonds. The van der Waals surface area contributed by atoms with Crippen LogP contribution in [0.5, 0.6) is 0 Å². The van der Waals surface area contributed by atoms with E-state index >= 15 is 0 Å². The van der Waals surface area contributed by atoms with Crippen molar-refractivity contribution in [1.82, 2.24) is 4.57 Å². The molecule has 312 valence electrons. The van der Waals surface area contributed by atoms with Gasteiger partial charge in [0.05, 0.1) is 5.52 Å². The quantitative estimate of drug-likeness (QED) is 0.0877. The first-order valence-electron chi connectivity index (χ1n) is 21.9. The van der Waals surface area contributed by atoms with E-state index in [1.54, 1.807) is 0 Å². The Morgan fingerprint density at radius 1 is 0.869 bits per heavy atom. The SMILES string of the molecule is C=C(/C=N\c1c(C)c2ccccc2n1/C(N)=C/C(=C\CC1=CC(C)CC=C1)C1=CC=CCC1)c1ccccc1NC/C=C(\C=C(/N)C1=CCCC=C1)c1ccccc1.CCC. The third-order valence-electron chi connectivity index (χ3n) is 10.9. The largest absolute Gasteiger partial charge is 0.398 e. The van der Waals surface area contributed by atoms with E-state index < -0.39 is 0 Å². The summed E-state index contributed by atoms with van der Waals surface area (Å²) in [6, 6.07) is 27.0. The second kappa shape index (κ2) is 22.1. The van der Waals surface area contributed by atoms with Crippen LogP contribution in [0.15, 0.2) is 197 Å². The molecule has 0 spiro atoms. The van der Waals surface area contributed by atoms with Gasteiger partial charge in [0.25, 0.3) is 0 Å². The molecule has 5 heteroatoms. The lowest BCUT2D eigenvalue weighted by Crippen LogP contribution is -2.07. The monoisotopic (exact) mass is 806 g/mol. The number of nitrogens with one attached hydrogen (secondary N) is 1. The highest BCUT2D eigenvalue weighted by molar-refractivity contribution is 6.12. The van der Waals surface area contributed by atoms with Gasteiger partial charge < -0.3 is 16.8 Å². The molecule has 1 aromatic heterocycles. The highest BCUT2D eigenvalue weighted by Gasteiger charge is 2.17. The fourth-order valence-electron chi connectivity index (χ4n) is 7.81. The summed E-state index contributed by atoms with van der Waals surface area (Å²) in [7, 11) is 0. The minimum Gasteiger partial charge on any atom is -0.398 e. The summed E-state index contributed by atoms with van der Waals surface area (Å²) in [6.07, 6.45) is 37.9. The lowest BCUT2D eigenvalue weighted by molar-refractivity contribution is 0.726. The lowest BCUT2D eigenvalue weighted by atomic mass is 9.92. The Hall–Kier alpha value is -6.59. The summed E-state index contributed by atoms with van der Waals surface area (Å²) in [5, 5.41) is 4.76. The zero-order valence-corrected chi connectivity index (χ0v) is 36.6. The number of aliphatic imine (C=N–C) groups is 1. The minimum atomic E-state index is 0.556. The van der Waals surface area contributed by atoms with Gasteiger partial charge in [-0.3, -0.25) is 4.57 Å². The van der Waals surface area contributed by atoms with Crippen LogP contribution in [0.4, 0.5) is 11.5 Å². The average molecular weight is 806 g/mol. The van der Waals surface area contributed by atoms with E-state index in [9.17, 15) is 0 Å². The Balaban J connectivity index is 0.00000201. The third-order valence-corrected chi connectivity index (χ3v) is 10.9. The van der Waals surface area contributed by atoms with Crippen molar-refractivity contribution in [2.75, 3.05) is 11.9 Å². The van der Waals surface area contributed by atoms with Crippen molar-refractivity contribution in [2.24, 2.45) is 22.4 Å². The molecule has 5 nitrogen and oxygen atoms in total. The zero-order chi connectivity index (χ0) is 43.0. The normalized spacial score (nSPS) is 17.2. The standard InChI is InChI=1S/C53H55N5.C3H8/c1-38-18-17-19-41(34-38)30-31-45(42-20-7-4-8-21-42)36-52(55)58-51-29-16-14-27-48(51)40(3)53(58)57-37-39(2)47-26-13-15-28-50(47)56-33-32-46(43-22-9-5-10-23-43)35-49(54)44-24-11-6-12-25-44;1-3-2/h4-5,7,9-11,13-17,19-20,22-29,31-32,34-38,56H,2,6,8,12,18,21,30,33,54-55H2,1,3H3;3H2,1-2H3/b45-31+,46-32+,49-35-,52-36+,57-37-;. The number of nitrogens with zero attached hydrogens (tertiary/aromatic N) is 2. The van der Waals surface area contributed by atoms with Crippen molar-refractivity contribution in [3.8, 4) is 0 Å². The molecule has 3 aromatic carbocycles. The number of rotatable bonds is 14. The van der Waals surface area contributed by atoms with E-state index in [2.05, 4.69) is 184 Å². The fourth-order valence-corrected chi connectivity index (χ4v) is 7.81. The summed E-state index contributed by atoms with van der Waals surface area (Å²) in [6.45, 7) is 13.7. The number of allylic oxidation sites excluding steroid dienone is 17. The molecule has 1 unspecified atom stereocenters. The third kappa shape index (κ3) is 11.8. The van der Waals surface area contributed by atoms with Gasteiger partial charge in [-0.05, 0) is 115 Å². The molecule has 61 heavy (non-hydrogen) atoms. The van der Waals surface area contributed by atoms with Gasteiger partial charge in [-0.2, -0.15) is 0 Å². The number of aryl methyl sites for hydroxylation is 1. The molecule has 1 heterocycles. The van der Waals surface area contributed by atoms with Crippen molar-refractivity contribution in [3.63, 3.8) is 0 Å². The number of nitrogens with two attached hydrogens (primary N) is 2. The van der Waals surface area contributed by atoms with Crippen molar-refractivity contribution < 1.29 is 0 Å². The Kier molecular flexibility index (Phi) is 16.0. The van der Waals surface area contributed by atoms with E-state index in [0.29, 0.717) is 18.3 Å². The number of hydrogen-bond acceptors (Lipinski definition) is 4. The Labute approximate surface area is 364 Å². The number of fused-ring (bicyclic) bond motifs is 1. The highest BCUT2D eigenvalue weighted by atomic mass is 15.1. The van der Waals surface area contributed by atoms with Crippen LogP contribution in [0, 0.1) is 12.8 Å². The molecular weight excluding hydrogens is 743 g/mol. The van der Waals surface area contributed by atoms with Crippen LogP contribution in [0.3, 0.4) is 0 Å². The molecule has 3 aliphatic rings. The topological polar surface area (TPSA) is 81.4 Å². The minimum absolute atomic E-state index is 0.556. The van der Waals surface area contributed by atoms with Gasteiger partial charge >= 0.3 is 0 Å². The smallest absolute Gasteiger partial charge is 0.142 e. The molecule has 0 bridgehead atoms. The number of hydrogen-bond donors (Lipinski definition) is 3. The van der Waals surface area contributed by atoms with Crippen molar-refractivity contribution >= 4 is 45.6 Å². The molecule has 0 saturated carbocycles. The highest BCUT2D eigenvalue weighted by Crippen LogP contribution is 2.35. The summed E-state index contributed by atoms with van der Waals surface area (Å²) >= 11 is 0. The summed E-state index contributed by atoms with van der Waals surface area (Å²) in [4.78, 5) is 5.14. The van der Waals surface area contributed by atoms with Gasteiger partial charge in [0, 0.05) is 40.7 Å². The van der Waals surface area contributed by atoms with E-state index in [1.807, 2.05) is 24.4 Å². The first-order chi connectivity index (χ1) is 29.8. The van der Waals surface area contributed by atoms with Crippen LogP contribution in [0.2, 0.25) is 0 Å². The van der Waals surface area contributed by atoms with Crippen LogP contribution < -0.4 is 16.8 Å². The van der Waals surface area contributed by atoms with Crippen molar-refractivity contribution in [2.45, 2.75) is 72.6 Å². The number of benzene rings is 3. The zero-order valence-electron chi connectivity index (χ0n) is 36.6. The molecule has 0 radical (unpaired) electrons. The van der Waals surface area contributed by atoms with Crippen LogP contribution in [-0.2, 0) is 0 Å². The number of para-hydroxylation sites is 2. The van der Waals surface area contributed by atoms with E-state index in [1.165, 1.54) is 17.6 Å². The molecule has 0 fully saturated rings. The second-order valence-corrected chi connectivity index (χ2v) is 15.9. The molecule has 3 aliphatic carbocycles. The van der Waals surface area contributed by atoms with Gasteiger partial charge in [-0.1, -0.05) is 167 Å². The number of anilines is 1. The molecule has 4 aromatic rings. The van der Waals surface area contributed by atoms with Crippen molar-refractivity contribution in [3.05, 3.63) is 209 Å². The van der Waals surface area contributed by atoms with E-state index in [0.717, 1.165) is 106 Å². The van der Waals surface area contributed by atoms with E-state index in [-0.39, 0.29) is 0 Å².